The number of hydrogen-bond acceptors (Lipinski definition) is 3. The molecule has 0 saturated heterocycles. The molecular formula is C30H23ClO2S. The number of fused-ring (bicyclic) bond motifs is 2. The van der Waals surface area contributed by atoms with Crippen LogP contribution in [0.25, 0.3) is 21.5 Å². The quantitative estimate of drug-likeness (QED) is 0.179. The number of carbonyl (C=O) groups excluding carboxylic acids is 1. The van der Waals surface area contributed by atoms with Crippen molar-refractivity contribution in [3.8, 4) is 0 Å². The maximum atomic E-state index is 13.4. The molecule has 0 bridgehead atoms. The predicted octanol–water partition coefficient (Wildman–Crippen LogP) is 8.46. The molecule has 0 radical (unpaired) electrons. The molecule has 5 rings (SSSR count). The molecule has 0 N–H and O–H groups in total. The second kappa shape index (κ2) is 9.92. The summed E-state index contributed by atoms with van der Waals surface area (Å²) in [6, 6.07) is 36.3. The van der Waals surface area contributed by atoms with Gasteiger partial charge in [0.1, 0.15) is 5.25 Å². The van der Waals surface area contributed by atoms with Crippen LogP contribution in [0, 0.1) is 0 Å². The maximum absolute atomic E-state index is 13.4. The van der Waals surface area contributed by atoms with E-state index in [-0.39, 0.29) is 11.2 Å². The van der Waals surface area contributed by atoms with Crippen LogP contribution in [-0.4, -0.2) is 11.2 Å². The fourth-order valence-electron chi connectivity index (χ4n) is 4.23. The van der Waals surface area contributed by atoms with Crippen molar-refractivity contribution in [2.75, 3.05) is 0 Å². The topological polar surface area (TPSA) is 26.3 Å². The van der Waals surface area contributed by atoms with Crippen molar-refractivity contribution in [2.24, 2.45) is 0 Å². The Morgan fingerprint density at radius 3 is 1.76 bits per heavy atom. The van der Waals surface area contributed by atoms with Crippen LogP contribution in [0.2, 0.25) is 5.02 Å². The summed E-state index contributed by atoms with van der Waals surface area (Å²) in [5.74, 6) is -0.259. The molecule has 0 amide bonds. The molecule has 5 aromatic carbocycles. The summed E-state index contributed by atoms with van der Waals surface area (Å²) in [6.45, 7) is 1.88. The number of rotatable bonds is 6. The molecule has 2 nitrogen and oxygen atoms in total. The van der Waals surface area contributed by atoms with Gasteiger partial charge in [0, 0.05) is 21.0 Å². The van der Waals surface area contributed by atoms with E-state index in [1.165, 1.54) is 11.8 Å². The number of carbonyl (C=O) groups is 1. The second-order valence-electron chi connectivity index (χ2n) is 8.17. The molecule has 1 atom stereocenters. The molecule has 0 aliphatic rings. The van der Waals surface area contributed by atoms with Crippen molar-refractivity contribution in [1.82, 2.24) is 0 Å². The van der Waals surface area contributed by atoms with Crippen LogP contribution in [0.1, 0.15) is 24.2 Å². The summed E-state index contributed by atoms with van der Waals surface area (Å²) in [5, 5.41) is 4.68. The Balaban J connectivity index is 1.55. The van der Waals surface area contributed by atoms with E-state index in [2.05, 4.69) is 48.5 Å². The van der Waals surface area contributed by atoms with E-state index in [0.717, 1.165) is 37.6 Å². The van der Waals surface area contributed by atoms with Gasteiger partial charge in [0.15, 0.2) is 6.10 Å². The molecule has 0 fully saturated rings. The summed E-state index contributed by atoms with van der Waals surface area (Å²) >= 11 is 7.48. The highest BCUT2D eigenvalue weighted by Crippen LogP contribution is 2.37. The lowest BCUT2D eigenvalue weighted by molar-refractivity contribution is -0.146. The Morgan fingerprint density at radius 1 is 0.706 bits per heavy atom. The van der Waals surface area contributed by atoms with Gasteiger partial charge in [-0.3, -0.25) is 4.79 Å². The van der Waals surface area contributed by atoms with E-state index in [4.69, 9.17) is 16.3 Å². The Morgan fingerprint density at radius 2 is 1.21 bits per heavy atom. The molecule has 168 valence electrons. The van der Waals surface area contributed by atoms with Crippen molar-refractivity contribution in [2.45, 2.75) is 23.2 Å². The van der Waals surface area contributed by atoms with Gasteiger partial charge in [0.25, 0.3) is 0 Å². The third-order valence-electron chi connectivity index (χ3n) is 5.90. The normalized spacial score (nSPS) is 12.2. The summed E-state index contributed by atoms with van der Waals surface area (Å²) < 4.78 is 6.31. The van der Waals surface area contributed by atoms with Gasteiger partial charge in [0.2, 0.25) is 0 Å². The second-order valence-corrected chi connectivity index (χ2v) is 10.0. The molecule has 0 aromatic heterocycles. The summed E-state index contributed by atoms with van der Waals surface area (Å²) in [7, 11) is 0. The Labute approximate surface area is 208 Å². The van der Waals surface area contributed by atoms with E-state index in [9.17, 15) is 4.79 Å². The fourth-order valence-corrected chi connectivity index (χ4v) is 5.21. The SMILES string of the molecule is C[C@H](Sc1ccc(Cl)cc1)C(=O)OC(c1cccc2ccccc12)c1cccc2ccccc12. The molecule has 0 heterocycles. The molecule has 5 aromatic rings. The smallest absolute Gasteiger partial charge is 0.320 e. The highest BCUT2D eigenvalue weighted by Gasteiger charge is 2.26. The third-order valence-corrected chi connectivity index (χ3v) is 7.25. The van der Waals surface area contributed by atoms with Crippen molar-refractivity contribution < 1.29 is 9.53 Å². The zero-order chi connectivity index (χ0) is 23.5. The van der Waals surface area contributed by atoms with Gasteiger partial charge < -0.3 is 4.74 Å². The summed E-state index contributed by atoms with van der Waals surface area (Å²) in [5.41, 5.74) is 1.96. The van der Waals surface area contributed by atoms with Crippen LogP contribution in [0.5, 0.6) is 0 Å². The minimum atomic E-state index is -0.530. The minimum absolute atomic E-state index is 0.259. The van der Waals surface area contributed by atoms with Gasteiger partial charge in [-0.15, -0.1) is 11.8 Å². The van der Waals surface area contributed by atoms with Gasteiger partial charge in [-0.2, -0.15) is 0 Å². The number of hydrogen-bond donors (Lipinski definition) is 0. The first-order valence-electron chi connectivity index (χ1n) is 11.2. The van der Waals surface area contributed by atoms with Crippen LogP contribution in [0.3, 0.4) is 0 Å². The number of benzene rings is 5. The van der Waals surface area contributed by atoms with Crippen LogP contribution in [0.15, 0.2) is 114 Å². The minimum Gasteiger partial charge on any atom is -0.452 e. The standard InChI is InChI=1S/C30H23ClO2S/c1-20(34-24-18-16-23(31)17-19-24)30(32)33-29(27-14-6-10-21-8-2-4-12-25(21)27)28-15-7-11-22-9-3-5-13-26(22)28/h2-20,29H,1H3/t20-/m0/s1. The maximum Gasteiger partial charge on any atom is 0.320 e. The van der Waals surface area contributed by atoms with Crippen molar-refractivity contribution >= 4 is 50.9 Å². The summed E-state index contributed by atoms with van der Waals surface area (Å²) in [6.07, 6.45) is -0.530. The van der Waals surface area contributed by atoms with E-state index in [1.54, 1.807) is 0 Å². The molecule has 0 unspecified atom stereocenters. The number of esters is 1. The average Bonchev–Trinajstić information content (AvgIpc) is 2.88. The molecule has 0 aliphatic heterocycles. The van der Waals surface area contributed by atoms with Gasteiger partial charge in [-0.05, 0) is 52.7 Å². The largest absolute Gasteiger partial charge is 0.452 e. The number of ether oxygens (including phenoxy) is 1. The molecule has 4 heteroatoms. The lowest BCUT2D eigenvalue weighted by atomic mass is 9.92. The van der Waals surface area contributed by atoms with Crippen LogP contribution in [-0.2, 0) is 9.53 Å². The zero-order valence-electron chi connectivity index (χ0n) is 18.6. The molecule has 0 aliphatic carbocycles. The molecule has 0 saturated carbocycles. The lowest BCUT2D eigenvalue weighted by Crippen LogP contribution is -2.21. The van der Waals surface area contributed by atoms with E-state index < -0.39 is 6.10 Å². The Bertz CT molecular complexity index is 1370. The Hall–Kier alpha value is -3.27. The number of thioether (sulfide) groups is 1. The van der Waals surface area contributed by atoms with Gasteiger partial charge in [-0.25, -0.2) is 0 Å². The van der Waals surface area contributed by atoms with Crippen LogP contribution >= 0.6 is 23.4 Å². The molecule has 0 spiro atoms. The van der Waals surface area contributed by atoms with Gasteiger partial charge in [0.05, 0.1) is 0 Å². The fraction of sp³-hybridized carbons (Fsp3) is 0.100. The van der Waals surface area contributed by atoms with Gasteiger partial charge in [-0.1, -0.05) is 96.5 Å². The first-order valence-corrected chi connectivity index (χ1v) is 12.4. The van der Waals surface area contributed by atoms with Gasteiger partial charge >= 0.3 is 5.97 Å². The monoisotopic (exact) mass is 482 g/mol. The molecular weight excluding hydrogens is 460 g/mol. The number of halogens is 1. The van der Waals surface area contributed by atoms with Crippen molar-refractivity contribution in [3.63, 3.8) is 0 Å². The predicted molar refractivity (Wildman–Crippen MR) is 143 cm³/mol. The summed E-state index contributed by atoms with van der Waals surface area (Å²) in [4.78, 5) is 14.3. The first-order chi connectivity index (χ1) is 16.6. The van der Waals surface area contributed by atoms with Crippen molar-refractivity contribution in [3.05, 3.63) is 125 Å². The van der Waals surface area contributed by atoms with E-state index in [0.29, 0.717) is 5.02 Å². The highest BCUT2D eigenvalue weighted by atomic mass is 35.5. The Kier molecular flexibility index (Phi) is 6.57. The lowest BCUT2D eigenvalue weighted by Gasteiger charge is -2.23. The van der Waals surface area contributed by atoms with E-state index >= 15 is 0 Å². The zero-order valence-corrected chi connectivity index (χ0v) is 20.2. The first kappa shape index (κ1) is 22.5. The molecule has 34 heavy (non-hydrogen) atoms. The highest BCUT2D eigenvalue weighted by molar-refractivity contribution is 8.00. The van der Waals surface area contributed by atoms with Crippen LogP contribution in [0.4, 0.5) is 0 Å². The van der Waals surface area contributed by atoms with E-state index in [1.807, 2.05) is 67.6 Å². The van der Waals surface area contributed by atoms with Crippen LogP contribution < -0.4 is 0 Å². The third kappa shape index (κ3) is 4.68. The van der Waals surface area contributed by atoms with Crippen molar-refractivity contribution in [1.29, 1.82) is 0 Å². The average molecular weight is 483 g/mol.